The van der Waals surface area contributed by atoms with Gasteiger partial charge < -0.3 is 10.2 Å². The fraction of sp³-hybridized carbons (Fsp3) is 0.417. The van der Waals surface area contributed by atoms with Crippen LogP contribution in [0.5, 0.6) is 5.75 Å². The standard InChI is InChI=1S/C12H16N2O2/c1-2-14(7-8-15)12(9-13)10-3-5-11(16)6-4-10/h3-6,12,15-16H,2,7-8H2,1H3. The molecule has 0 aliphatic rings. The van der Waals surface area contributed by atoms with Crippen molar-refractivity contribution in [3.63, 3.8) is 0 Å². The molecule has 0 fully saturated rings. The van der Waals surface area contributed by atoms with Crippen molar-refractivity contribution in [1.29, 1.82) is 5.26 Å². The molecule has 0 heterocycles. The molecule has 4 heteroatoms. The quantitative estimate of drug-likeness (QED) is 0.784. The molecule has 0 spiro atoms. The van der Waals surface area contributed by atoms with Crippen LogP contribution in [-0.4, -0.2) is 34.8 Å². The van der Waals surface area contributed by atoms with E-state index in [1.165, 1.54) is 0 Å². The maximum absolute atomic E-state index is 9.17. The number of aromatic hydroxyl groups is 1. The first-order chi connectivity index (χ1) is 7.72. The molecular weight excluding hydrogens is 204 g/mol. The molecule has 0 bridgehead atoms. The zero-order valence-corrected chi connectivity index (χ0v) is 9.30. The van der Waals surface area contributed by atoms with Crippen LogP contribution in [0.4, 0.5) is 0 Å². The van der Waals surface area contributed by atoms with Crippen LogP contribution in [0.15, 0.2) is 24.3 Å². The highest BCUT2D eigenvalue weighted by atomic mass is 16.3. The molecule has 0 aliphatic heterocycles. The van der Waals surface area contributed by atoms with E-state index in [4.69, 9.17) is 10.4 Å². The highest BCUT2D eigenvalue weighted by Gasteiger charge is 2.17. The molecule has 2 N–H and O–H groups in total. The van der Waals surface area contributed by atoms with Gasteiger partial charge in [-0.25, -0.2) is 0 Å². The van der Waals surface area contributed by atoms with Gasteiger partial charge in [-0.3, -0.25) is 4.90 Å². The largest absolute Gasteiger partial charge is 0.508 e. The monoisotopic (exact) mass is 220 g/mol. The Morgan fingerprint density at radius 2 is 2.00 bits per heavy atom. The molecule has 0 radical (unpaired) electrons. The summed E-state index contributed by atoms with van der Waals surface area (Å²) in [4.78, 5) is 1.88. The lowest BCUT2D eigenvalue weighted by Crippen LogP contribution is -2.30. The third-order valence-corrected chi connectivity index (χ3v) is 2.49. The number of hydrogen-bond donors (Lipinski definition) is 2. The van der Waals surface area contributed by atoms with Crippen molar-refractivity contribution < 1.29 is 10.2 Å². The van der Waals surface area contributed by atoms with Gasteiger partial charge in [-0.15, -0.1) is 0 Å². The molecule has 0 aromatic heterocycles. The summed E-state index contributed by atoms with van der Waals surface area (Å²) in [7, 11) is 0. The van der Waals surface area contributed by atoms with E-state index in [0.717, 1.165) is 5.56 Å². The van der Waals surface area contributed by atoms with E-state index in [1.807, 2.05) is 11.8 Å². The smallest absolute Gasteiger partial charge is 0.123 e. The summed E-state index contributed by atoms with van der Waals surface area (Å²) in [5, 5.41) is 27.2. The summed E-state index contributed by atoms with van der Waals surface area (Å²) in [5.74, 6) is 0.186. The van der Waals surface area contributed by atoms with Crippen molar-refractivity contribution in [2.75, 3.05) is 19.7 Å². The summed E-state index contributed by atoms with van der Waals surface area (Å²) in [6.45, 7) is 3.14. The van der Waals surface area contributed by atoms with E-state index in [-0.39, 0.29) is 18.4 Å². The molecule has 16 heavy (non-hydrogen) atoms. The molecule has 0 saturated heterocycles. The Morgan fingerprint density at radius 1 is 1.38 bits per heavy atom. The molecular formula is C12H16N2O2. The molecule has 1 unspecified atom stereocenters. The van der Waals surface area contributed by atoms with E-state index in [2.05, 4.69) is 6.07 Å². The van der Waals surface area contributed by atoms with Crippen molar-refractivity contribution in [2.45, 2.75) is 13.0 Å². The Morgan fingerprint density at radius 3 is 2.44 bits per heavy atom. The Hall–Kier alpha value is -1.57. The van der Waals surface area contributed by atoms with Crippen LogP contribution in [0.3, 0.4) is 0 Å². The van der Waals surface area contributed by atoms with Crippen LogP contribution in [0.2, 0.25) is 0 Å². The normalized spacial score (nSPS) is 12.4. The van der Waals surface area contributed by atoms with Crippen molar-refractivity contribution in [2.24, 2.45) is 0 Å². The molecule has 1 rings (SSSR count). The summed E-state index contributed by atoms with van der Waals surface area (Å²) in [5.41, 5.74) is 0.829. The first kappa shape index (κ1) is 12.5. The minimum atomic E-state index is -0.377. The van der Waals surface area contributed by atoms with Crippen molar-refractivity contribution in [3.05, 3.63) is 29.8 Å². The SMILES string of the molecule is CCN(CCO)C(C#N)c1ccc(O)cc1. The van der Waals surface area contributed by atoms with Gasteiger partial charge in [0.1, 0.15) is 11.8 Å². The minimum Gasteiger partial charge on any atom is -0.508 e. The van der Waals surface area contributed by atoms with Crippen molar-refractivity contribution >= 4 is 0 Å². The number of phenols is 1. The first-order valence-corrected chi connectivity index (χ1v) is 5.26. The molecule has 0 aliphatic carbocycles. The molecule has 1 atom stereocenters. The summed E-state index contributed by atoms with van der Waals surface area (Å²) < 4.78 is 0. The third kappa shape index (κ3) is 2.96. The molecule has 1 aromatic rings. The first-order valence-electron chi connectivity index (χ1n) is 5.26. The highest BCUT2D eigenvalue weighted by Crippen LogP contribution is 2.21. The number of phenolic OH excluding ortho intramolecular Hbond substituents is 1. The lowest BCUT2D eigenvalue weighted by molar-refractivity contribution is 0.180. The fourth-order valence-electron chi connectivity index (χ4n) is 1.62. The second-order valence-corrected chi connectivity index (χ2v) is 3.48. The van der Waals surface area contributed by atoms with Gasteiger partial charge >= 0.3 is 0 Å². The Bertz CT molecular complexity index is 356. The predicted octanol–water partition coefficient (Wildman–Crippen LogP) is 1.27. The van der Waals surface area contributed by atoms with Crippen LogP contribution in [0.1, 0.15) is 18.5 Å². The summed E-state index contributed by atoms with van der Waals surface area (Å²) in [6.07, 6.45) is 0. The molecule has 1 aromatic carbocycles. The number of rotatable bonds is 5. The van der Waals surface area contributed by atoms with Crippen LogP contribution in [0.25, 0.3) is 0 Å². The maximum Gasteiger partial charge on any atom is 0.123 e. The van der Waals surface area contributed by atoms with Crippen LogP contribution >= 0.6 is 0 Å². The molecule has 4 nitrogen and oxygen atoms in total. The van der Waals surface area contributed by atoms with Gasteiger partial charge in [-0.05, 0) is 24.2 Å². The van der Waals surface area contributed by atoms with Gasteiger partial charge in [0, 0.05) is 6.54 Å². The molecule has 0 amide bonds. The van der Waals surface area contributed by atoms with Crippen LogP contribution < -0.4 is 0 Å². The van der Waals surface area contributed by atoms with Crippen molar-refractivity contribution in [3.8, 4) is 11.8 Å². The van der Waals surface area contributed by atoms with E-state index >= 15 is 0 Å². The minimum absolute atomic E-state index is 0.0318. The van der Waals surface area contributed by atoms with Crippen LogP contribution in [0, 0.1) is 11.3 Å². The lowest BCUT2D eigenvalue weighted by atomic mass is 10.1. The Balaban J connectivity index is 2.89. The number of hydrogen-bond acceptors (Lipinski definition) is 4. The Labute approximate surface area is 95.4 Å². The molecule has 0 saturated carbocycles. The van der Waals surface area contributed by atoms with Gasteiger partial charge in [0.25, 0.3) is 0 Å². The fourth-order valence-corrected chi connectivity index (χ4v) is 1.62. The highest BCUT2D eigenvalue weighted by molar-refractivity contribution is 5.30. The van der Waals surface area contributed by atoms with Gasteiger partial charge in [0.2, 0.25) is 0 Å². The average molecular weight is 220 g/mol. The topological polar surface area (TPSA) is 67.5 Å². The zero-order valence-electron chi connectivity index (χ0n) is 9.30. The Kier molecular flexibility index (Phi) is 4.77. The molecule has 86 valence electrons. The summed E-state index contributed by atoms with van der Waals surface area (Å²) in [6, 6.07) is 8.40. The third-order valence-electron chi connectivity index (χ3n) is 2.49. The number of benzene rings is 1. The van der Waals surface area contributed by atoms with Gasteiger partial charge in [0.05, 0.1) is 12.7 Å². The zero-order chi connectivity index (χ0) is 12.0. The average Bonchev–Trinajstić information content (AvgIpc) is 2.31. The maximum atomic E-state index is 9.17. The van der Waals surface area contributed by atoms with Gasteiger partial charge in [-0.1, -0.05) is 19.1 Å². The van der Waals surface area contributed by atoms with E-state index in [1.54, 1.807) is 24.3 Å². The second-order valence-electron chi connectivity index (χ2n) is 3.48. The van der Waals surface area contributed by atoms with E-state index < -0.39 is 0 Å². The van der Waals surface area contributed by atoms with E-state index in [9.17, 15) is 5.11 Å². The van der Waals surface area contributed by atoms with Crippen molar-refractivity contribution in [1.82, 2.24) is 4.90 Å². The number of aliphatic hydroxyl groups is 1. The number of likely N-dealkylation sites (N-methyl/N-ethyl adjacent to an activating group) is 1. The second kappa shape index (κ2) is 6.11. The number of nitriles is 1. The van der Waals surface area contributed by atoms with Gasteiger partial charge in [0.15, 0.2) is 0 Å². The van der Waals surface area contributed by atoms with Crippen LogP contribution in [-0.2, 0) is 0 Å². The summed E-state index contributed by atoms with van der Waals surface area (Å²) >= 11 is 0. The van der Waals surface area contributed by atoms with Gasteiger partial charge in [-0.2, -0.15) is 5.26 Å². The number of aliphatic hydroxyl groups excluding tert-OH is 1. The van der Waals surface area contributed by atoms with E-state index in [0.29, 0.717) is 13.1 Å². The lowest BCUT2D eigenvalue weighted by Gasteiger charge is -2.24. The number of nitrogens with zero attached hydrogens (tertiary/aromatic N) is 2. The predicted molar refractivity (Wildman–Crippen MR) is 60.8 cm³/mol.